The SMILES string of the molecule is O=C(c1ccco1)N1CCN(C(=O)c2ccccc2OCCOc2ccccc2)CC1. The van der Waals surface area contributed by atoms with Crippen LogP contribution < -0.4 is 9.47 Å². The summed E-state index contributed by atoms with van der Waals surface area (Å²) in [4.78, 5) is 28.9. The van der Waals surface area contributed by atoms with Crippen molar-refractivity contribution in [2.75, 3.05) is 39.4 Å². The van der Waals surface area contributed by atoms with Crippen LogP contribution in [0.4, 0.5) is 0 Å². The number of rotatable bonds is 7. The van der Waals surface area contributed by atoms with E-state index in [1.807, 2.05) is 42.5 Å². The van der Waals surface area contributed by atoms with Crippen molar-refractivity contribution in [2.24, 2.45) is 0 Å². The van der Waals surface area contributed by atoms with E-state index in [9.17, 15) is 9.59 Å². The summed E-state index contributed by atoms with van der Waals surface area (Å²) in [7, 11) is 0. The van der Waals surface area contributed by atoms with Crippen molar-refractivity contribution in [1.82, 2.24) is 9.80 Å². The molecule has 0 saturated carbocycles. The van der Waals surface area contributed by atoms with Crippen LogP contribution in [0.5, 0.6) is 11.5 Å². The molecular formula is C24H24N2O5. The van der Waals surface area contributed by atoms with Gasteiger partial charge >= 0.3 is 0 Å². The number of hydrogen-bond acceptors (Lipinski definition) is 5. The summed E-state index contributed by atoms with van der Waals surface area (Å²) >= 11 is 0. The van der Waals surface area contributed by atoms with Crippen LogP contribution in [0.1, 0.15) is 20.9 Å². The van der Waals surface area contributed by atoms with Crippen LogP contribution in [0.15, 0.2) is 77.4 Å². The van der Waals surface area contributed by atoms with Gasteiger partial charge < -0.3 is 23.7 Å². The van der Waals surface area contributed by atoms with Crippen LogP contribution in [-0.2, 0) is 0 Å². The van der Waals surface area contributed by atoms with Gasteiger partial charge in [-0.05, 0) is 36.4 Å². The molecule has 0 N–H and O–H groups in total. The minimum absolute atomic E-state index is 0.107. The van der Waals surface area contributed by atoms with Gasteiger partial charge in [-0.25, -0.2) is 0 Å². The molecule has 0 radical (unpaired) electrons. The lowest BCUT2D eigenvalue weighted by atomic mass is 10.1. The third-order valence-corrected chi connectivity index (χ3v) is 5.06. The van der Waals surface area contributed by atoms with E-state index in [-0.39, 0.29) is 11.8 Å². The molecule has 2 aromatic carbocycles. The number of carbonyl (C=O) groups excluding carboxylic acids is 2. The predicted octanol–water partition coefficient (Wildman–Crippen LogP) is 3.34. The number of benzene rings is 2. The molecule has 3 aromatic rings. The zero-order valence-electron chi connectivity index (χ0n) is 17.1. The summed E-state index contributed by atoms with van der Waals surface area (Å²) in [6, 6.07) is 20.0. The van der Waals surface area contributed by atoms with Gasteiger partial charge in [0.15, 0.2) is 5.76 Å². The largest absolute Gasteiger partial charge is 0.490 e. The highest BCUT2D eigenvalue weighted by Gasteiger charge is 2.27. The van der Waals surface area contributed by atoms with Gasteiger partial charge in [-0.15, -0.1) is 0 Å². The van der Waals surface area contributed by atoms with E-state index in [0.717, 1.165) is 5.75 Å². The Balaban J connectivity index is 1.31. The molecule has 0 aliphatic carbocycles. The third kappa shape index (κ3) is 5.06. The molecular weight excluding hydrogens is 396 g/mol. The van der Waals surface area contributed by atoms with Crippen LogP contribution >= 0.6 is 0 Å². The van der Waals surface area contributed by atoms with E-state index < -0.39 is 0 Å². The Morgan fingerprint density at radius 2 is 1.39 bits per heavy atom. The lowest BCUT2D eigenvalue weighted by molar-refractivity contribution is 0.0515. The molecule has 4 rings (SSSR count). The van der Waals surface area contributed by atoms with Gasteiger partial charge in [0.05, 0.1) is 11.8 Å². The van der Waals surface area contributed by atoms with E-state index in [4.69, 9.17) is 13.9 Å². The van der Waals surface area contributed by atoms with Crippen LogP contribution in [0.2, 0.25) is 0 Å². The maximum atomic E-state index is 13.1. The first-order valence-corrected chi connectivity index (χ1v) is 10.2. The second-order valence-corrected chi connectivity index (χ2v) is 7.07. The van der Waals surface area contributed by atoms with Crippen molar-refractivity contribution in [3.63, 3.8) is 0 Å². The molecule has 1 aromatic heterocycles. The molecule has 160 valence electrons. The number of piperazine rings is 1. The molecule has 7 heteroatoms. The van der Waals surface area contributed by atoms with Crippen molar-refractivity contribution < 1.29 is 23.5 Å². The highest BCUT2D eigenvalue weighted by Crippen LogP contribution is 2.21. The molecule has 1 fully saturated rings. The number of nitrogens with zero attached hydrogens (tertiary/aromatic N) is 2. The summed E-state index contributed by atoms with van der Waals surface area (Å²) in [5, 5.41) is 0. The van der Waals surface area contributed by atoms with E-state index in [1.165, 1.54) is 6.26 Å². The molecule has 0 bridgehead atoms. The lowest BCUT2D eigenvalue weighted by Gasteiger charge is -2.34. The minimum Gasteiger partial charge on any atom is -0.490 e. The van der Waals surface area contributed by atoms with E-state index in [0.29, 0.717) is 56.5 Å². The third-order valence-electron chi connectivity index (χ3n) is 5.06. The summed E-state index contributed by atoms with van der Waals surface area (Å²) in [6.07, 6.45) is 1.48. The first kappa shape index (κ1) is 20.5. The van der Waals surface area contributed by atoms with Crippen molar-refractivity contribution >= 4 is 11.8 Å². The molecule has 1 aliphatic rings. The van der Waals surface area contributed by atoms with Crippen molar-refractivity contribution in [3.8, 4) is 11.5 Å². The van der Waals surface area contributed by atoms with Crippen LogP contribution in [-0.4, -0.2) is 61.0 Å². The molecule has 0 unspecified atom stereocenters. The molecule has 31 heavy (non-hydrogen) atoms. The summed E-state index contributed by atoms with van der Waals surface area (Å²) in [5.41, 5.74) is 0.507. The second-order valence-electron chi connectivity index (χ2n) is 7.07. The molecule has 2 heterocycles. The molecule has 1 aliphatic heterocycles. The van der Waals surface area contributed by atoms with Gasteiger partial charge in [-0.2, -0.15) is 0 Å². The fourth-order valence-electron chi connectivity index (χ4n) is 3.44. The normalized spacial score (nSPS) is 13.7. The van der Waals surface area contributed by atoms with E-state index in [1.54, 1.807) is 34.1 Å². The summed E-state index contributed by atoms with van der Waals surface area (Å²) in [6.45, 7) is 2.52. The van der Waals surface area contributed by atoms with Crippen LogP contribution in [0, 0.1) is 0 Å². The molecule has 2 amide bonds. The quantitative estimate of drug-likeness (QED) is 0.548. The zero-order valence-corrected chi connectivity index (χ0v) is 17.1. The molecule has 7 nitrogen and oxygen atoms in total. The first-order chi connectivity index (χ1) is 15.2. The smallest absolute Gasteiger partial charge is 0.289 e. The van der Waals surface area contributed by atoms with Gasteiger partial charge in [0, 0.05) is 26.2 Å². The van der Waals surface area contributed by atoms with Gasteiger partial charge in [-0.3, -0.25) is 9.59 Å². The fourth-order valence-corrected chi connectivity index (χ4v) is 3.44. The van der Waals surface area contributed by atoms with Crippen molar-refractivity contribution in [2.45, 2.75) is 0 Å². The Morgan fingerprint density at radius 3 is 2.10 bits per heavy atom. The highest BCUT2D eigenvalue weighted by molar-refractivity contribution is 5.97. The van der Waals surface area contributed by atoms with Gasteiger partial charge in [0.25, 0.3) is 11.8 Å². The first-order valence-electron chi connectivity index (χ1n) is 10.2. The van der Waals surface area contributed by atoms with Gasteiger partial charge in [0.2, 0.25) is 0 Å². The Bertz CT molecular complexity index is 996. The Kier molecular flexibility index (Phi) is 6.52. The Labute approximate surface area is 180 Å². The van der Waals surface area contributed by atoms with Gasteiger partial charge in [0.1, 0.15) is 24.7 Å². The van der Waals surface area contributed by atoms with Gasteiger partial charge in [-0.1, -0.05) is 30.3 Å². The van der Waals surface area contributed by atoms with E-state index >= 15 is 0 Å². The standard InChI is InChI=1S/C24H24N2O5/c27-23(25-12-14-26(15-13-25)24(28)22-11-6-16-30-22)20-9-4-5-10-21(20)31-18-17-29-19-7-2-1-3-8-19/h1-11,16H,12-15,17-18H2. The summed E-state index contributed by atoms with van der Waals surface area (Å²) in [5.74, 6) is 1.36. The zero-order chi connectivity index (χ0) is 21.5. The van der Waals surface area contributed by atoms with Crippen LogP contribution in [0.3, 0.4) is 0 Å². The Hall–Kier alpha value is -3.74. The average Bonchev–Trinajstić information content (AvgIpc) is 3.37. The number of furan rings is 1. The predicted molar refractivity (Wildman–Crippen MR) is 114 cm³/mol. The number of carbonyl (C=O) groups is 2. The lowest BCUT2D eigenvalue weighted by Crippen LogP contribution is -2.50. The fraction of sp³-hybridized carbons (Fsp3) is 0.250. The number of amides is 2. The van der Waals surface area contributed by atoms with Crippen molar-refractivity contribution in [3.05, 3.63) is 84.3 Å². The maximum Gasteiger partial charge on any atom is 0.289 e. The number of hydrogen-bond donors (Lipinski definition) is 0. The highest BCUT2D eigenvalue weighted by atomic mass is 16.5. The number of para-hydroxylation sites is 2. The molecule has 1 saturated heterocycles. The minimum atomic E-state index is -0.153. The number of ether oxygens (including phenoxy) is 2. The molecule has 0 spiro atoms. The average molecular weight is 420 g/mol. The maximum absolute atomic E-state index is 13.1. The summed E-state index contributed by atoms with van der Waals surface area (Å²) < 4.78 is 16.7. The van der Waals surface area contributed by atoms with Crippen LogP contribution in [0.25, 0.3) is 0 Å². The monoisotopic (exact) mass is 420 g/mol. The van der Waals surface area contributed by atoms with Crippen molar-refractivity contribution in [1.29, 1.82) is 0 Å². The topological polar surface area (TPSA) is 72.2 Å². The second kappa shape index (κ2) is 9.84. The van der Waals surface area contributed by atoms with E-state index in [2.05, 4.69) is 0 Å². The Morgan fingerprint density at radius 1 is 0.742 bits per heavy atom. The molecule has 0 atom stereocenters.